The van der Waals surface area contributed by atoms with Crippen LogP contribution in [0.15, 0.2) is 85.1 Å². The zero-order chi connectivity index (χ0) is 54.3. The first-order valence-electron chi connectivity index (χ1n) is 32.1. The van der Waals surface area contributed by atoms with E-state index in [2.05, 4.69) is 93.7 Å². The molecule has 0 aromatic heterocycles. The summed E-state index contributed by atoms with van der Waals surface area (Å²) in [5.41, 5.74) is 0. The predicted octanol–water partition coefficient (Wildman–Crippen LogP) is 21.9. The fourth-order valence-electron chi connectivity index (χ4n) is 9.14. The van der Waals surface area contributed by atoms with Crippen LogP contribution >= 0.6 is 0 Å². The minimum atomic E-state index is -0.826. The zero-order valence-corrected chi connectivity index (χ0v) is 49.6. The van der Waals surface area contributed by atoms with Gasteiger partial charge in [-0.1, -0.05) is 305 Å². The number of hydrogen-bond donors (Lipinski definition) is 0. The number of allylic oxidation sites excluding steroid dienone is 13. The Morgan fingerprint density at radius 1 is 0.293 bits per heavy atom. The molecule has 0 aromatic rings. The minimum Gasteiger partial charge on any atom is -0.462 e. The lowest BCUT2D eigenvalue weighted by Gasteiger charge is -2.18. The van der Waals surface area contributed by atoms with Gasteiger partial charge < -0.3 is 14.2 Å². The largest absolute Gasteiger partial charge is 0.462 e. The average Bonchev–Trinajstić information content (AvgIpc) is 3.41. The summed E-state index contributed by atoms with van der Waals surface area (Å²) in [6.07, 6.45) is 83.9. The Labute approximate surface area is 465 Å². The lowest BCUT2D eigenvalue weighted by atomic mass is 10.0. The SMILES string of the molecule is CC/C=C\C/C=C\C/C=C\C/C=C\C/C=C\CC(=O)OC(COC(=O)CCCCCCCCC)COC(=O)CCCCCCCCCCCCCCCCCCCCCCCCC/C=C\C/C=C\CCCCCCC. The van der Waals surface area contributed by atoms with Crippen LogP contribution in [0.2, 0.25) is 0 Å². The summed E-state index contributed by atoms with van der Waals surface area (Å²) >= 11 is 0. The summed E-state index contributed by atoms with van der Waals surface area (Å²) < 4.78 is 16.7. The van der Waals surface area contributed by atoms with Gasteiger partial charge in [0.25, 0.3) is 0 Å². The van der Waals surface area contributed by atoms with E-state index < -0.39 is 12.1 Å². The molecule has 0 N–H and O–H groups in total. The van der Waals surface area contributed by atoms with Crippen LogP contribution in [0.4, 0.5) is 0 Å². The molecule has 0 rings (SSSR count). The average molecular weight is 1050 g/mol. The minimum absolute atomic E-state index is 0.0992. The van der Waals surface area contributed by atoms with E-state index >= 15 is 0 Å². The van der Waals surface area contributed by atoms with Crippen molar-refractivity contribution in [2.45, 2.75) is 322 Å². The summed E-state index contributed by atoms with van der Waals surface area (Å²) in [6, 6.07) is 0. The van der Waals surface area contributed by atoms with Gasteiger partial charge in [0.1, 0.15) is 13.2 Å². The first kappa shape index (κ1) is 71.6. The fraction of sp³-hybridized carbons (Fsp3) is 0.754. The van der Waals surface area contributed by atoms with Crippen molar-refractivity contribution >= 4 is 17.9 Å². The van der Waals surface area contributed by atoms with E-state index in [1.165, 1.54) is 199 Å². The number of carbonyl (C=O) groups is 3. The van der Waals surface area contributed by atoms with Gasteiger partial charge in [-0.3, -0.25) is 14.4 Å². The van der Waals surface area contributed by atoms with Gasteiger partial charge in [0.2, 0.25) is 0 Å². The third-order valence-corrected chi connectivity index (χ3v) is 13.9. The van der Waals surface area contributed by atoms with Gasteiger partial charge in [0.15, 0.2) is 6.10 Å². The highest BCUT2D eigenvalue weighted by Crippen LogP contribution is 2.17. The number of hydrogen-bond acceptors (Lipinski definition) is 6. The Morgan fingerprint density at radius 3 is 0.880 bits per heavy atom. The number of esters is 3. The molecule has 6 nitrogen and oxygen atoms in total. The van der Waals surface area contributed by atoms with Crippen LogP contribution in [0, 0.1) is 0 Å². The number of carbonyl (C=O) groups excluding carboxylic acids is 3. The molecule has 0 aromatic carbocycles. The van der Waals surface area contributed by atoms with Crippen molar-refractivity contribution in [1.82, 2.24) is 0 Å². The van der Waals surface area contributed by atoms with E-state index in [9.17, 15) is 14.4 Å². The quantitative estimate of drug-likeness (QED) is 0.0261. The molecule has 0 aliphatic carbocycles. The third kappa shape index (κ3) is 61.3. The smallest absolute Gasteiger partial charge is 0.310 e. The summed E-state index contributed by atoms with van der Waals surface area (Å²) in [6.45, 7) is 6.41. The molecule has 0 bridgehead atoms. The Kier molecular flexibility index (Phi) is 60.3. The number of ether oxygens (including phenoxy) is 3. The second-order valence-corrected chi connectivity index (χ2v) is 21.3. The van der Waals surface area contributed by atoms with Gasteiger partial charge in [-0.15, -0.1) is 0 Å². The molecule has 0 heterocycles. The molecular formula is C69H120O6. The molecule has 0 amide bonds. The third-order valence-electron chi connectivity index (χ3n) is 13.9. The van der Waals surface area contributed by atoms with Crippen molar-refractivity contribution in [2.24, 2.45) is 0 Å². The number of rotatable bonds is 58. The van der Waals surface area contributed by atoms with Crippen LogP contribution in [0.5, 0.6) is 0 Å². The number of unbranched alkanes of at least 4 members (excludes halogenated alkanes) is 34. The van der Waals surface area contributed by atoms with Gasteiger partial charge >= 0.3 is 17.9 Å². The summed E-state index contributed by atoms with van der Waals surface area (Å²) in [5.74, 6) is -1.04. The van der Waals surface area contributed by atoms with E-state index in [4.69, 9.17) is 14.2 Å². The standard InChI is InChI=1S/C69H120O6/c1-4-7-10-13-16-18-20-22-24-25-26-27-28-29-30-31-32-33-34-35-36-37-38-39-40-41-42-43-45-46-48-50-53-56-59-62-68(71)74-65-66(64-73-67(70)61-58-55-52-15-12-9-6-3)75-69(72)63-60-57-54-51-49-47-44-23-21-19-17-14-11-8-5-2/h8,11,17,19-20,22-23,25-26,44,49,51,57,60,66H,4-7,9-10,12-16,18,21,24,27-43,45-48,50,52-56,58-59,61-65H2,1-3H3/b11-8-,19-17-,22-20-,26-25-,44-23-,51-49-,60-57-. The van der Waals surface area contributed by atoms with Gasteiger partial charge in [0, 0.05) is 12.8 Å². The van der Waals surface area contributed by atoms with E-state index in [1.807, 2.05) is 6.08 Å². The highest BCUT2D eigenvalue weighted by Gasteiger charge is 2.19. The van der Waals surface area contributed by atoms with E-state index in [0.29, 0.717) is 12.8 Å². The van der Waals surface area contributed by atoms with Gasteiger partial charge in [-0.2, -0.15) is 0 Å². The Morgan fingerprint density at radius 2 is 0.560 bits per heavy atom. The van der Waals surface area contributed by atoms with Crippen molar-refractivity contribution < 1.29 is 28.6 Å². The van der Waals surface area contributed by atoms with E-state index in [1.54, 1.807) is 6.08 Å². The fourth-order valence-corrected chi connectivity index (χ4v) is 9.14. The highest BCUT2D eigenvalue weighted by atomic mass is 16.6. The summed E-state index contributed by atoms with van der Waals surface area (Å²) in [7, 11) is 0. The van der Waals surface area contributed by atoms with Crippen LogP contribution < -0.4 is 0 Å². The molecule has 0 spiro atoms. The molecule has 0 fully saturated rings. The Bertz CT molecular complexity index is 1430. The first-order chi connectivity index (χ1) is 37.0. The first-order valence-corrected chi connectivity index (χ1v) is 32.1. The van der Waals surface area contributed by atoms with Gasteiger partial charge in [-0.05, 0) is 77.0 Å². The maximum Gasteiger partial charge on any atom is 0.310 e. The van der Waals surface area contributed by atoms with Crippen molar-refractivity contribution in [1.29, 1.82) is 0 Å². The summed E-state index contributed by atoms with van der Waals surface area (Å²) in [4.78, 5) is 37.9. The van der Waals surface area contributed by atoms with Crippen LogP contribution in [-0.2, 0) is 28.6 Å². The zero-order valence-electron chi connectivity index (χ0n) is 49.6. The highest BCUT2D eigenvalue weighted by molar-refractivity contribution is 5.72. The Balaban J connectivity index is 3.99. The monoisotopic (exact) mass is 1040 g/mol. The molecule has 0 saturated carbocycles. The van der Waals surface area contributed by atoms with Crippen LogP contribution in [0.1, 0.15) is 316 Å². The maximum absolute atomic E-state index is 12.7. The van der Waals surface area contributed by atoms with Crippen LogP contribution in [0.25, 0.3) is 0 Å². The van der Waals surface area contributed by atoms with Crippen molar-refractivity contribution in [3.8, 4) is 0 Å². The Hall–Kier alpha value is -3.41. The van der Waals surface area contributed by atoms with Crippen molar-refractivity contribution in [3.63, 3.8) is 0 Å². The molecule has 1 unspecified atom stereocenters. The van der Waals surface area contributed by atoms with Crippen molar-refractivity contribution in [2.75, 3.05) is 13.2 Å². The van der Waals surface area contributed by atoms with E-state index in [-0.39, 0.29) is 31.6 Å². The van der Waals surface area contributed by atoms with Crippen LogP contribution in [0.3, 0.4) is 0 Å². The molecule has 0 radical (unpaired) electrons. The van der Waals surface area contributed by atoms with E-state index in [0.717, 1.165) is 77.0 Å². The molecular weight excluding hydrogens is 925 g/mol. The molecule has 432 valence electrons. The molecule has 0 aliphatic rings. The molecule has 0 saturated heterocycles. The van der Waals surface area contributed by atoms with Gasteiger partial charge in [0.05, 0.1) is 6.42 Å². The molecule has 75 heavy (non-hydrogen) atoms. The predicted molar refractivity (Wildman–Crippen MR) is 325 cm³/mol. The normalized spacial score (nSPS) is 12.6. The second-order valence-electron chi connectivity index (χ2n) is 21.3. The molecule has 0 aliphatic heterocycles. The summed E-state index contributed by atoms with van der Waals surface area (Å²) in [5, 5.41) is 0. The lowest BCUT2D eigenvalue weighted by molar-refractivity contribution is -0.166. The lowest BCUT2D eigenvalue weighted by Crippen LogP contribution is -2.30. The molecule has 1 atom stereocenters. The van der Waals surface area contributed by atoms with Crippen molar-refractivity contribution in [3.05, 3.63) is 85.1 Å². The molecule has 6 heteroatoms. The topological polar surface area (TPSA) is 78.9 Å². The van der Waals surface area contributed by atoms with Gasteiger partial charge in [-0.25, -0.2) is 0 Å². The van der Waals surface area contributed by atoms with Crippen LogP contribution in [-0.4, -0.2) is 37.2 Å². The maximum atomic E-state index is 12.7. The second kappa shape index (κ2) is 63.1.